The maximum absolute atomic E-state index is 5.76. The van der Waals surface area contributed by atoms with Gasteiger partial charge in [-0.25, -0.2) is 9.97 Å². The van der Waals surface area contributed by atoms with Crippen LogP contribution in [0.2, 0.25) is 0 Å². The van der Waals surface area contributed by atoms with E-state index in [4.69, 9.17) is 10.5 Å². The van der Waals surface area contributed by atoms with Crippen molar-refractivity contribution < 1.29 is 4.74 Å². The molecule has 3 rings (SSSR count). The molecule has 4 nitrogen and oxygen atoms in total. The van der Waals surface area contributed by atoms with Gasteiger partial charge in [0.05, 0.1) is 10.2 Å². The minimum atomic E-state index is 0.241. The van der Waals surface area contributed by atoms with E-state index in [1.165, 1.54) is 5.39 Å². The van der Waals surface area contributed by atoms with Crippen LogP contribution in [0.25, 0.3) is 10.8 Å². The van der Waals surface area contributed by atoms with E-state index >= 15 is 0 Å². The highest BCUT2D eigenvalue weighted by Crippen LogP contribution is 2.22. The average Bonchev–Trinajstić information content (AvgIpc) is 2.48. The molecule has 20 heavy (non-hydrogen) atoms. The second kappa shape index (κ2) is 5.46. The van der Waals surface area contributed by atoms with Crippen LogP contribution in [-0.4, -0.2) is 9.97 Å². The normalized spacial score (nSPS) is 10.7. The summed E-state index contributed by atoms with van der Waals surface area (Å²) in [5, 5.41) is 2.33. The van der Waals surface area contributed by atoms with E-state index in [0.29, 0.717) is 6.61 Å². The zero-order valence-corrected chi connectivity index (χ0v) is 12.2. The molecule has 100 valence electrons. The number of anilines is 1. The second-order valence-electron chi connectivity index (χ2n) is 4.32. The van der Waals surface area contributed by atoms with E-state index in [1.807, 2.05) is 30.3 Å². The standard InChI is InChI=1S/C15H12BrN3O/c16-13-8-18-15(17)19-14(13)9-20-12-6-5-10-3-1-2-4-11(10)7-12/h1-8H,9H2,(H2,17,18,19). The Morgan fingerprint density at radius 2 is 1.90 bits per heavy atom. The number of benzene rings is 2. The number of nitrogens with zero attached hydrogens (tertiary/aromatic N) is 2. The van der Waals surface area contributed by atoms with Crippen LogP contribution >= 0.6 is 15.9 Å². The maximum atomic E-state index is 5.76. The molecule has 0 bridgehead atoms. The van der Waals surface area contributed by atoms with Crippen molar-refractivity contribution >= 4 is 32.7 Å². The highest BCUT2D eigenvalue weighted by molar-refractivity contribution is 9.10. The lowest BCUT2D eigenvalue weighted by atomic mass is 10.1. The quantitative estimate of drug-likeness (QED) is 0.798. The van der Waals surface area contributed by atoms with E-state index in [0.717, 1.165) is 21.3 Å². The molecule has 0 atom stereocenters. The zero-order chi connectivity index (χ0) is 13.9. The number of halogens is 1. The molecule has 0 amide bonds. The minimum Gasteiger partial charge on any atom is -0.487 e. The summed E-state index contributed by atoms with van der Waals surface area (Å²) in [6.07, 6.45) is 1.63. The molecular formula is C15H12BrN3O. The second-order valence-corrected chi connectivity index (χ2v) is 5.17. The summed E-state index contributed by atoms with van der Waals surface area (Å²) >= 11 is 3.38. The fourth-order valence-corrected chi connectivity index (χ4v) is 2.23. The van der Waals surface area contributed by atoms with Crippen molar-refractivity contribution in [3.05, 3.63) is 58.8 Å². The van der Waals surface area contributed by atoms with Gasteiger partial charge in [0.2, 0.25) is 5.95 Å². The van der Waals surface area contributed by atoms with Crippen LogP contribution < -0.4 is 10.5 Å². The number of hydrogen-bond donors (Lipinski definition) is 1. The average molecular weight is 330 g/mol. The lowest BCUT2D eigenvalue weighted by Gasteiger charge is -2.08. The van der Waals surface area contributed by atoms with Gasteiger partial charge < -0.3 is 10.5 Å². The molecule has 0 spiro atoms. The van der Waals surface area contributed by atoms with Crippen LogP contribution in [0, 0.1) is 0 Å². The van der Waals surface area contributed by atoms with Crippen molar-refractivity contribution in [3.8, 4) is 5.75 Å². The third kappa shape index (κ3) is 2.72. The van der Waals surface area contributed by atoms with Gasteiger partial charge in [0, 0.05) is 6.20 Å². The first-order valence-electron chi connectivity index (χ1n) is 6.11. The Morgan fingerprint density at radius 3 is 2.75 bits per heavy atom. The number of aromatic nitrogens is 2. The van der Waals surface area contributed by atoms with Crippen molar-refractivity contribution in [1.29, 1.82) is 0 Å². The van der Waals surface area contributed by atoms with E-state index < -0.39 is 0 Å². The number of fused-ring (bicyclic) bond motifs is 1. The molecule has 0 saturated heterocycles. The van der Waals surface area contributed by atoms with Gasteiger partial charge in [0.25, 0.3) is 0 Å². The Kier molecular flexibility index (Phi) is 3.52. The molecular weight excluding hydrogens is 318 g/mol. The molecule has 0 aliphatic rings. The summed E-state index contributed by atoms with van der Waals surface area (Å²) in [5.74, 6) is 1.04. The molecule has 1 aromatic heterocycles. The molecule has 5 heteroatoms. The largest absolute Gasteiger partial charge is 0.487 e. The van der Waals surface area contributed by atoms with Crippen LogP contribution in [0.5, 0.6) is 5.75 Å². The predicted molar refractivity (Wildman–Crippen MR) is 82.4 cm³/mol. The van der Waals surface area contributed by atoms with Crippen molar-refractivity contribution in [2.75, 3.05) is 5.73 Å². The SMILES string of the molecule is Nc1ncc(Br)c(COc2ccc3ccccc3c2)n1. The highest BCUT2D eigenvalue weighted by Gasteiger charge is 2.05. The van der Waals surface area contributed by atoms with Crippen LogP contribution in [0.15, 0.2) is 53.1 Å². The molecule has 2 N–H and O–H groups in total. The predicted octanol–water partition coefficient (Wildman–Crippen LogP) is 3.55. The van der Waals surface area contributed by atoms with Crippen LogP contribution in [0.4, 0.5) is 5.95 Å². The Hall–Kier alpha value is -2.14. The van der Waals surface area contributed by atoms with Crippen molar-refractivity contribution in [3.63, 3.8) is 0 Å². The van der Waals surface area contributed by atoms with Gasteiger partial charge in [0.15, 0.2) is 0 Å². The van der Waals surface area contributed by atoms with E-state index in [-0.39, 0.29) is 5.95 Å². The zero-order valence-electron chi connectivity index (χ0n) is 10.6. The monoisotopic (exact) mass is 329 g/mol. The van der Waals surface area contributed by atoms with Crippen LogP contribution in [0.3, 0.4) is 0 Å². The van der Waals surface area contributed by atoms with E-state index in [2.05, 4.69) is 38.0 Å². The van der Waals surface area contributed by atoms with Gasteiger partial charge in [-0.3, -0.25) is 0 Å². The highest BCUT2D eigenvalue weighted by atomic mass is 79.9. The first-order valence-corrected chi connectivity index (χ1v) is 6.90. The fourth-order valence-electron chi connectivity index (χ4n) is 1.93. The third-order valence-electron chi connectivity index (χ3n) is 2.93. The van der Waals surface area contributed by atoms with Gasteiger partial charge in [-0.2, -0.15) is 0 Å². The number of rotatable bonds is 3. The van der Waals surface area contributed by atoms with Crippen molar-refractivity contribution in [2.24, 2.45) is 0 Å². The number of ether oxygens (including phenoxy) is 1. The van der Waals surface area contributed by atoms with Gasteiger partial charge in [-0.05, 0) is 38.8 Å². The Labute approximate surface area is 124 Å². The fraction of sp³-hybridized carbons (Fsp3) is 0.0667. The third-order valence-corrected chi connectivity index (χ3v) is 3.59. The summed E-state index contributed by atoms with van der Waals surface area (Å²) in [4.78, 5) is 8.04. The lowest BCUT2D eigenvalue weighted by Crippen LogP contribution is -2.03. The molecule has 0 radical (unpaired) electrons. The topological polar surface area (TPSA) is 61.0 Å². The Balaban J connectivity index is 1.81. The number of nitrogen functional groups attached to an aromatic ring is 1. The molecule has 0 aliphatic heterocycles. The Morgan fingerprint density at radius 1 is 1.10 bits per heavy atom. The van der Waals surface area contributed by atoms with Crippen molar-refractivity contribution in [1.82, 2.24) is 9.97 Å². The van der Waals surface area contributed by atoms with Crippen LogP contribution in [0.1, 0.15) is 5.69 Å². The Bertz CT molecular complexity index is 761. The van der Waals surface area contributed by atoms with Gasteiger partial charge in [0.1, 0.15) is 12.4 Å². The van der Waals surface area contributed by atoms with Gasteiger partial charge in [-0.15, -0.1) is 0 Å². The molecule has 3 aromatic rings. The molecule has 0 unspecified atom stereocenters. The number of hydrogen-bond acceptors (Lipinski definition) is 4. The van der Waals surface area contributed by atoms with E-state index in [1.54, 1.807) is 6.20 Å². The first kappa shape index (κ1) is 12.9. The summed E-state index contributed by atoms with van der Waals surface area (Å²) in [6, 6.07) is 14.1. The molecule has 0 fully saturated rings. The molecule has 0 saturated carbocycles. The smallest absolute Gasteiger partial charge is 0.220 e. The molecule has 2 aromatic carbocycles. The first-order chi connectivity index (χ1) is 9.72. The van der Waals surface area contributed by atoms with E-state index in [9.17, 15) is 0 Å². The minimum absolute atomic E-state index is 0.241. The summed E-state index contributed by atoms with van der Waals surface area (Å²) in [5.41, 5.74) is 6.30. The summed E-state index contributed by atoms with van der Waals surface area (Å²) in [6.45, 7) is 0.339. The summed E-state index contributed by atoms with van der Waals surface area (Å²) in [7, 11) is 0. The molecule has 0 aliphatic carbocycles. The summed E-state index contributed by atoms with van der Waals surface area (Å²) < 4.78 is 6.54. The van der Waals surface area contributed by atoms with Crippen molar-refractivity contribution in [2.45, 2.75) is 6.61 Å². The molecule has 1 heterocycles. The lowest BCUT2D eigenvalue weighted by molar-refractivity contribution is 0.301. The maximum Gasteiger partial charge on any atom is 0.220 e. The van der Waals surface area contributed by atoms with Gasteiger partial charge >= 0.3 is 0 Å². The van der Waals surface area contributed by atoms with Crippen LogP contribution in [-0.2, 0) is 6.61 Å². The number of nitrogens with two attached hydrogens (primary N) is 1. The van der Waals surface area contributed by atoms with Gasteiger partial charge in [-0.1, -0.05) is 30.3 Å².